The molecule has 1 atom stereocenters. The molecule has 0 aliphatic carbocycles. The minimum absolute atomic E-state index is 0.628. The second kappa shape index (κ2) is 1.69. The normalized spacial score (nSPS) is 39.4. The van der Waals surface area contributed by atoms with E-state index in [4.69, 9.17) is 0 Å². The zero-order valence-electron chi connectivity index (χ0n) is 5.33. The molecule has 1 heterocycles. The number of hydrogen-bond donors (Lipinski definition) is 0. The fraction of sp³-hybridized carbons (Fsp3) is 0.600. The zero-order valence-corrected chi connectivity index (χ0v) is 6.22. The molecule has 0 N–H and O–H groups in total. The zero-order chi connectivity index (χ0) is 7.12. The summed E-state index contributed by atoms with van der Waals surface area (Å²) in [7, 11) is -3.60. The van der Waals surface area contributed by atoms with Crippen LogP contribution >= 0.6 is 7.60 Å². The van der Waals surface area contributed by atoms with Gasteiger partial charge in [-0.3, -0.25) is 0 Å². The van der Waals surface area contributed by atoms with Crippen molar-refractivity contribution >= 4 is 7.60 Å². The van der Waals surface area contributed by atoms with Gasteiger partial charge in [0.2, 0.25) is 0 Å². The fourth-order valence-corrected chi connectivity index (χ4v) is 1.98. The van der Waals surface area contributed by atoms with Crippen molar-refractivity contribution in [2.24, 2.45) is 0 Å². The highest BCUT2D eigenvalue weighted by atomic mass is 31.2. The maximum Gasteiger partial charge on any atom is 0.158 e. The van der Waals surface area contributed by atoms with Gasteiger partial charge in [0, 0.05) is 0 Å². The van der Waals surface area contributed by atoms with Crippen molar-refractivity contribution in [2.75, 3.05) is 0 Å². The van der Waals surface area contributed by atoms with Gasteiger partial charge in [0.15, 0.2) is 7.60 Å². The standard InChI is InChI=1S/C5H9O3P/c1-5(2)3-4-9(6,7)8-5/h3-4H,1-2H3,(H,6,7)/p-1. The molecule has 0 aromatic heterocycles. The Labute approximate surface area is 53.9 Å². The average molecular weight is 147 g/mol. The van der Waals surface area contributed by atoms with Crippen LogP contribution in [0.3, 0.4) is 0 Å². The Bertz CT molecular complexity index is 194. The lowest BCUT2D eigenvalue weighted by molar-refractivity contribution is -0.198. The van der Waals surface area contributed by atoms with Crippen LogP contribution in [0.2, 0.25) is 0 Å². The van der Waals surface area contributed by atoms with Crippen molar-refractivity contribution < 1.29 is 14.0 Å². The first-order chi connectivity index (χ1) is 3.91. The van der Waals surface area contributed by atoms with Gasteiger partial charge in [-0.05, 0) is 25.7 Å². The van der Waals surface area contributed by atoms with Crippen molar-refractivity contribution in [3.63, 3.8) is 0 Å². The van der Waals surface area contributed by atoms with Crippen LogP contribution in [-0.4, -0.2) is 5.60 Å². The molecule has 1 aliphatic rings. The summed E-state index contributed by atoms with van der Waals surface area (Å²) in [5.41, 5.74) is -0.628. The summed E-state index contributed by atoms with van der Waals surface area (Å²) in [5.74, 6) is 1.10. The lowest BCUT2D eigenvalue weighted by atomic mass is 10.1. The summed E-state index contributed by atoms with van der Waals surface area (Å²) < 4.78 is 15.2. The number of rotatable bonds is 0. The molecule has 4 heteroatoms. The van der Waals surface area contributed by atoms with E-state index in [0.717, 1.165) is 5.82 Å². The largest absolute Gasteiger partial charge is 0.775 e. The lowest BCUT2D eigenvalue weighted by Crippen LogP contribution is -2.16. The molecule has 9 heavy (non-hydrogen) atoms. The lowest BCUT2D eigenvalue weighted by Gasteiger charge is -2.21. The molecule has 1 aliphatic heterocycles. The first kappa shape index (κ1) is 7.00. The van der Waals surface area contributed by atoms with Crippen LogP contribution in [0.15, 0.2) is 11.9 Å². The van der Waals surface area contributed by atoms with E-state index in [9.17, 15) is 9.46 Å². The molecule has 52 valence electrons. The van der Waals surface area contributed by atoms with Gasteiger partial charge in [-0.1, -0.05) is 0 Å². The van der Waals surface area contributed by atoms with Crippen molar-refractivity contribution in [3.8, 4) is 0 Å². The Morgan fingerprint density at radius 1 is 1.67 bits per heavy atom. The monoisotopic (exact) mass is 147 g/mol. The highest BCUT2D eigenvalue weighted by Gasteiger charge is 2.26. The van der Waals surface area contributed by atoms with Crippen LogP contribution in [0, 0.1) is 0 Å². The molecule has 0 spiro atoms. The van der Waals surface area contributed by atoms with Crippen LogP contribution < -0.4 is 4.89 Å². The first-order valence-corrected chi connectivity index (χ1v) is 4.24. The predicted octanol–water partition coefficient (Wildman–Crippen LogP) is 0.862. The Morgan fingerprint density at radius 2 is 2.22 bits per heavy atom. The van der Waals surface area contributed by atoms with Crippen LogP contribution in [0.5, 0.6) is 0 Å². The van der Waals surface area contributed by atoms with Crippen molar-refractivity contribution in [3.05, 3.63) is 11.9 Å². The van der Waals surface area contributed by atoms with Gasteiger partial charge in [-0.15, -0.1) is 0 Å². The second-order valence-corrected chi connectivity index (χ2v) is 4.11. The van der Waals surface area contributed by atoms with Crippen molar-refractivity contribution in [1.29, 1.82) is 0 Å². The van der Waals surface area contributed by atoms with Crippen molar-refractivity contribution in [1.82, 2.24) is 0 Å². The van der Waals surface area contributed by atoms with Gasteiger partial charge in [0.05, 0.1) is 5.60 Å². The highest BCUT2D eigenvalue weighted by Crippen LogP contribution is 2.49. The van der Waals surface area contributed by atoms with Crippen molar-refractivity contribution in [2.45, 2.75) is 19.4 Å². The molecule has 1 unspecified atom stereocenters. The van der Waals surface area contributed by atoms with Crippen LogP contribution in [0.25, 0.3) is 0 Å². The SMILES string of the molecule is CC1(C)C=CP(=O)([O-])O1. The summed E-state index contributed by atoms with van der Waals surface area (Å²) in [5, 5.41) is 0. The molecular weight excluding hydrogens is 139 g/mol. The van der Waals surface area contributed by atoms with E-state index in [-0.39, 0.29) is 0 Å². The molecule has 0 aromatic carbocycles. The third kappa shape index (κ3) is 1.65. The Kier molecular flexibility index (Phi) is 1.31. The van der Waals surface area contributed by atoms with Gasteiger partial charge in [-0.2, -0.15) is 0 Å². The van der Waals surface area contributed by atoms with Gasteiger partial charge in [0.1, 0.15) is 0 Å². The molecule has 3 nitrogen and oxygen atoms in total. The molecule has 0 radical (unpaired) electrons. The smallest absolute Gasteiger partial charge is 0.158 e. The predicted molar refractivity (Wildman–Crippen MR) is 31.9 cm³/mol. The summed E-state index contributed by atoms with van der Waals surface area (Å²) in [6, 6.07) is 0. The first-order valence-electron chi connectivity index (χ1n) is 2.63. The summed E-state index contributed by atoms with van der Waals surface area (Å²) in [6.07, 6.45) is 1.53. The molecule has 1 rings (SSSR count). The van der Waals surface area contributed by atoms with E-state index in [1.165, 1.54) is 6.08 Å². The van der Waals surface area contributed by atoms with E-state index in [1.807, 2.05) is 0 Å². The minimum Gasteiger partial charge on any atom is -0.775 e. The Morgan fingerprint density at radius 3 is 2.33 bits per heavy atom. The fourth-order valence-electron chi connectivity index (χ4n) is 0.660. The summed E-state index contributed by atoms with van der Waals surface area (Å²) in [4.78, 5) is 10.6. The van der Waals surface area contributed by atoms with Crippen LogP contribution in [0.4, 0.5) is 0 Å². The van der Waals surface area contributed by atoms with E-state index >= 15 is 0 Å². The number of hydrogen-bond acceptors (Lipinski definition) is 3. The van der Waals surface area contributed by atoms with Crippen LogP contribution in [0.1, 0.15) is 13.8 Å². The quantitative estimate of drug-likeness (QED) is 0.477. The molecule has 0 aromatic rings. The van der Waals surface area contributed by atoms with Gasteiger partial charge >= 0.3 is 0 Å². The van der Waals surface area contributed by atoms with E-state index in [2.05, 4.69) is 4.52 Å². The maximum absolute atomic E-state index is 10.6. The summed E-state index contributed by atoms with van der Waals surface area (Å²) >= 11 is 0. The van der Waals surface area contributed by atoms with Gasteiger partial charge in [0.25, 0.3) is 0 Å². The average Bonchev–Trinajstić information content (AvgIpc) is 1.78. The molecular formula is C5H8O3P-. The molecule has 0 saturated heterocycles. The second-order valence-electron chi connectivity index (χ2n) is 2.55. The third-order valence-electron chi connectivity index (χ3n) is 1.02. The third-order valence-corrected chi connectivity index (χ3v) is 2.26. The highest BCUT2D eigenvalue weighted by molar-refractivity contribution is 7.55. The Hall–Kier alpha value is -0.110. The molecule has 0 bridgehead atoms. The van der Waals surface area contributed by atoms with Crippen LogP contribution in [-0.2, 0) is 9.09 Å². The topological polar surface area (TPSA) is 49.4 Å². The maximum atomic E-state index is 10.6. The summed E-state index contributed by atoms with van der Waals surface area (Å²) in [6.45, 7) is 3.39. The minimum atomic E-state index is -3.60. The van der Waals surface area contributed by atoms with Gasteiger partial charge < -0.3 is 14.0 Å². The van der Waals surface area contributed by atoms with E-state index in [1.54, 1.807) is 13.8 Å². The molecule has 0 fully saturated rings. The van der Waals surface area contributed by atoms with Gasteiger partial charge in [-0.25, -0.2) is 0 Å². The molecule has 0 saturated carbocycles. The molecule has 0 amide bonds. The van der Waals surface area contributed by atoms with E-state index < -0.39 is 13.2 Å². The Balaban J connectivity index is 2.84. The van der Waals surface area contributed by atoms with E-state index in [0.29, 0.717) is 0 Å².